The molecule has 0 spiro atoms. The van der Waals surface area contributed by atoms with E-state index in [1.807, 2.05) is 0 Å². The molecular weight excluding hydrogens is 272 g/mol. The van der Waals surface area contributed by atoms with Gasteiger partial charge in [-0.2, -0.15) is 0 Å². The minimum Gasteiger partial charge on any atom is -0.396 e. The third-order valence-corrected chi connectivity index (χ3v) is 3.57. The van der Waals surface area contributed by atoms with Gasteiger partial charge in [0.1, 0.15) is 5.69 Å². The molecule has 16 heavy (non-hydrogen) atoms. The summed E-state index contributed by atoms with van der Waals surface area (Å²) in [7, 11) is 0. The van der Waals surface area contributed by atoms with Gasteiger partial charge >= 0.3 is 0 Å². The lowest BCUT2D eigenvalue weighted by atomic mass is 10.0. The molecule has 0 unspecified atom stereocenters. The second-order valence-corrected chi connectivity index (χ2v) is 5.30. The van der Waals surface area contributed by atoms with Crippen molar-refractivity contribution in [3.05, 3.63) is 22.4 Å². The highest BCUT2D eigenvalue weighted by Crippen LogP contribution is 2.47. The summed E-state index contributed by atoms with van der Waals surface area (Å²) in [5.41, 5.74) is 0.723. The van der Waals surface area contributed by atoms with Crippen LogP contribution in [0, 0.1) is 5.41 Å². The largest absolute Gasteiger partial charge is 0.396 e. The molecule has 1 aromatic rings. The molecule has 88 valence electrons. The highest BCUT2D eigenvalue weighted by Gasteiger charge is 2.41. The molecule has 2 rings (SSSR count). The molecule has 1 saturated carbocycles. The van der Waals surface area contributed by atoms with E-state index in [2.05, 4.69) is 26.2 Å². The summed E-state index contributed by atoms with van der Waals surface area (Å²) in [6.45, 7) is 0.854. The third-order valence-electron chi connectivity index (χ3n) is 3.12. The maximum atomic E-state index is 11.7. The van der Waals surface area contributed by atoms with Crippen LogP contribution in [0.25, 0.3) is 0 Å². The van der Waals surface area contributed by atoms with Crippen molar-refractivity contribution in [1.29, 1.82) is 0 Å². The molecule has 0 radical (unpaired) electrons. The molecule has 1 heterocycles. The number of amides is 1. The molecule has 1 aliphatic rings. The van der Waals surface area contributed by atoms with Gasteiger partial charge in [-0.25, -0.2) is 0 Å². The number of halogens is 1. The van der Waals surface area contributed by atoms with Crippen molar-refractivity contribution in [2.45, 2.75) is 19.3 Å². The first-order valence-corrected chi connectivity index (χ1v) is 6.17. The Hall–Kier alpha value is -0.810. The van der Waals surface area contributed by atoms with Crippen LogP contribution in [0.4, 0.5) is 0 Å². The molecule has 1 amide bonds. The number of carbonyl (C=O) groups excluding carboxylic acids is 1. The number of nitrogens with one attached hydrogen (secondary N) is 2. The Morgan fingerprint density at radius 3 is 2.88 bits per heavy atom. The summed E-state index contributed by atoms with van der Waals surface area (Å²) >= 11 is 3.28. The lowest BCUT2D eigenvalue weighted by Gasteiger charge is -2.13. The molecule has 0 atom stereocenters. The van der Waals surface area contributed by atoms with E-state index in [4.69, 9.17) is 5.11 Å². The number of aliphatic hydroxyl groups is 1. The van der Waals surface area contributed by atoms with Crippen LogP contribution in [0.2, 0.25) is 0 Å². The quantitative estimate of drug-likeness (QED) is 0.771. The highest BCUT2D eigenvalue weighted by molar-refractivity contribution is 9.10. The number of rotatable bonds is 5. The van der Waals surface area contributed by atoms with Crippen molar-refractivity contribution in [1.82, 2.24) is 10.3 Å². The number of hydrogen-bond donors (Lipinski definition) is 3. The Morgan fingerprint density at radius 2 is 2.38 bits per heavy atom. The molecule has 5 heteroatoms. The Bertz CT molecular complexity index is 385. The molecule has 1 fully saturated rings. The molecular formula is C11H15BrN2O2. The second kappa shape index (κ2) is 4.59. The van der Waals surface area contributed by atoms with Crippen molar-refractivity contribution >= 4 is 21.8 Å². The molecule has 1 aromatic heterocycles. The van der Waals surface area contributed by atoms with Crippen molar-refractivity contribution in [2.24, 2.45) is 5.41 Å². The van der Waals surface area contributed by atoms with E-state index in [0.29, 0.717) is 12.2 Å². The Balaban J connectivity index is 1.84. The summed E-state index contributed by atoms with van der Waals surface area (Å²) < 4.78 is 0.870. The number of hydrogen-bond acceptors (Lipinski definition) is 2. The predicted octanol–water partition coefficient (Wildman–Crippen LogP) is 1.67. The van der Waals surface area contributed by atoms with Crippen molar-refractivity contribution in [2.75, 3.05) is 13.2 Å². The van der Waals surface area contributed by atoms with Crippen LogP contribution in [0.5, 0.6) is 0 Å². The molecule has 0 bridgehead atoms. The zero-order valence-corrected chi connectivity index (χ0v) is 10.5. The first kappa shape index (κ1) is 11.7. The van der Waals surface area contributed by atoms with Crippen LogP contribution in [0.1, 0.15) is 29.8 Å². The Morgan fingerprint density at radius 1 is 1.62 bits per heavy atom. The van der Waals surface area contributed by atoms with E-state index >= 15 is 0 Å². The number of aromatic amines is 1. The van der Waals surface area contributed by atoms with Crippen molar-refractivity contribution in [3.8, 4) is 0 Å². The minimum absolute atomic E-state index is 0.0880. The number of aromatic nitrogens is 1. The molecule has 0 aliphatic heterocycles. The summed E-state index contributed by atoms with van der Waals surface area (Å²) in [5.74, 6) is -0.0880. The number of carbonyl (C=O) groups is 1. The van der Waals surface area contributed by atoms with Crippen LogP contribution < -0.4 is 5.32 Å². The smallest absolute Gasteiger partial charge is 0.267 e. The van der Waals surface area contributed by atoms with Crippen molar-refractivity contribution in [3.63, 3.8) is 0 Å². The van der Waals surface area contributed by atoms with Gasteiger partial charge < -0.3 is 15.4 Å². The van der Waals surface area contributed by atoms with E-state index in [1.54, 1.807) is 12.3 Å². The maximum Gasteiger partial charge on any atom is 0.267 e. The first-order valence-electron chi connectivity index (χ1n) is 5.38. The zero-order chi connectivity index (χ0) is 11.6. The maximum absolute atomic E-state index is 11.7. The van der Waals surface area contributed by atoms with Gasteiger partial charge in [-0.05, 0) is 46.7 Å². The molecule has 3 N–H and O–H groups in total. The normalized spacial score (nSPS) is 17.1. The number of aliphatic hydroxyl groups excluding tert-OH is 1. The molecule has 0 saturated heterocycles. The second-order valence-electron chi connectivity index (χ2n) is 4.39. The number of H-pyrrole nitrogens is 1. The SMILES string of the molecule is O=C(NCC1(CCO)CC1)c1cc(Br)c[nH]1. The average Bonchev–Trinajstić information content (AvgIpc) is 2.89. The van der Waals surface area contributed by atoms with Gasteiger partial charge in [-0.1, -0.05) is 0 Å². The highest BCUT2D eigenvalue weighted by atomic mass is 79.9. The molecule has 1 aliphatic carbocycles. The van der Waals surface area contributed by atoms with E-state index < -0.39 is 0 Å². The summed E-state index contributed by atoms with van der Waals surface area (Å²) in [6.07, 6.45) is 4.71. The van der Waals surface area contributed by atoms with Gasteiger partial charge in [0.2, 0.25) is 0 Å². The van der Waals surface area contributed by atoms with Crippen LogP contribution >= 0.6 is 15.9 Å². The zero-order valence-electron chi connectivity index (χ0n) is 8.92. The van der Waals surface area contributed by atoms with Crippen LogP contribution in [-0.2, 0) is 0 Å². The summed E-state index contributed by atoms with van der Waals surface area (Å²) in [6, 6.07) is 1.75. The van der Waals surface area contributed by atoms with Crippen LogP contribution in [0.3, 0.4) is 0 Å². The standard InChI is InChI=1S/C11H15BrN2O2/c12-8-5-9(13-6-8)10(16)14-7-11(1-2-11)3-4-15/h5-6,13,15H,1-4,7H2,(H,14,16). The van der Waals surface area contributed by atoms with Gasteiger partial charge in [0.15, 0.2) is 0 Å². The van der Waals surface area contributed by atoms with E-state index in [1.165, 1.54) is 0 Å². The van der Waals surface area contributed by atoms with E-state index in [-0.39, 0.29) is 17.9 Å². The van der Waals surface area contributed by atoms with Gasteiger partial charge in [-0.3, -0.25) is 4.79 Å². The Labute approximate surface area is 103 Å². The molecule has 4 nitrogen and oxygen atoms in total. The fraction of sp³-hybridized carbons (Fsp3) is 0.545. The minimum atomic E-state index is -0.0880. The average molecular weight is 287 g/mol. The van der Waals surface area contributed by atoms with Gasteiger partial charge in [0, 0.05) is 23.8 Å². The topological polar surface area (TPSA) is 65.1 Å². The molecule has 0 aromatic carbocycles. The van der Waals surface area contributed by atoms with Gasteiger partial charge in [0.05, 0.1) is 0 Å². The van der Waals surface area contributed by atoms with Crippen LogP contribution in [-0.4, -0.2) is 29.1 Å². The summed E-state index contributed by atoms with van der Waals surface area (Å²) in [4.78, 5) is 14.6. The first-order chi connectivity index (χ1) is 7.65. The fourth-order valence-electron chi connectivity index (χ4n) is 1.79. The van der Waals surface area contributed by atoms with Gasteiger partial charge in [0.25, 0.3) is 5.91 Å². The third kappa shape index (κ3) is 2.65. The summed E-state index contributed by atoms with van der Waals surface area (Å²) in [5, 5.41) is 11.8. The van der Waals surface area contributed by atoms with Gasteiger partial charge in [-0.15, -0.1) is 0 Å². The van der Waals surface area contributed by atoms with E-state index in [0.717, 1.165) is 23.7 Å². The monoisotopic (exact) mass is 286 g/mol. The van der Waals surface area contributed by atoms with E-state index in [9.17, 15) is 4.79 Å². The Kier molecular flexibility index (Phi) is 3.35. The predicted molar refractivity (Wildman–Crippen MR) is 64.2 cm³/mol. The fourth-order valence-corrected chi connectivity index (χ4v) is 2.13. The van der Waals surface area contributed by atoms with Crippen molar-refractivity contribution < 1.29 is 9.90 Å². The lowest BCUT2D eigenvalue weighted by molar-refractivity contribution is 0.0936. The van der Waals surface area contributed by atoms with Crippen LogP contribution in [0.15, 0.2) is 16.7 Å². The lowest BCUT2D eigenvalue weighted by Crippen LogP contribution is -2.30.